The lowest BCUT2D eigenvalue weighted by molar-refractivity contribution is -0.0500. The SMILES string of the molecule is O=S(=O)(Nc1cc(F)c(Br)cc1F)c1cnn2c(Cl)c(OC(F)F)ccc12. The highest BCUT2D eigenvalue weighted by molar-refractivity contribution is 9.10. The van der Waals surface area contributed by atoms with Gasteiger partial charge in [-0.05, 0) is 34.1 Å². The topological polar surface area (TPSA) is 72.7 Å². The number of benzene rings is 1. The van der Waals surface area contributed by atoms with Gasteiger partial charge in [0.25, 0.3) is 10.0 Å². The molecule has 1 aromatic carbocycles. The first-order chi connectivity index (χ1) is 12.6. The molecule has 0 unspecified atom stereocenters. The van der Waals surface area contributed by atoms with Crippen LogP contribution in [-0.2, 0) is 10.0 Å². The number of anilines is 1. The molecule has 27 heavy (non-hydrogen) atoms. The largest absolute Gasteiger partial charge is 0.432 e. The minimum Gasteiger partial charge on any atom is -0.432 e. The van der Waals surface area contributed by atoms with Crippen LogP contribution in [0.4, 0.5) is 23.2 Å². The third-order valence-electron chi connectivity index (χ3n) is 3.31. The summed E-state index contributed by atoms with van der Waals surface area (Å²) in [7, 11) is -4.40. The lowest BCUT2D eigenvalue weighted by Crippen LogP contribution is -2.14. The van der Waals surface area contributed by atoms with Crippen molar-refractivity contribution in [1.82, 2.24) is 9.61 Å². The predicted molar refractivity (Wildman–Crippen MR) is 91.7 cm³/mol. The van der Waals surface area contributed by atoms with E-state index in [0.29, 0.717) is 6.07 Å². The summed E-state index contributed by atoms with van der Waals surface area (Å²) in [5, 5.41) is 3.32. The molecular weight excluding hydrogens is 482 g/mol. The lowest BCUT2D eigenvalue weighted by atomic mass is 10.3. The quantitative estimate of drug-likeness (QED) is 0.328. The fraction of sp³-hybridized carbons (Fsp3) is 0.0714. The maximum atomic E-state index is 13.9. The monoisotopic (exact) mass is 487 g/mol. The summed E-state index contributed by atoms with van der Waals surface area (Å²) in [6.45, 7) is -3.14. The first kappa shape index (κ1) is 19.7. The molecule has 13 heteroatoms. The van der Waals surface area contributed by atoms with Crippen LogP contribution in [0.1, 0.15) is 0 Å². The Labute approximate surface area is 162 Å². The Morgan fingerprint density at radius 1 is 1.22 bits per heavy atom. The van der Waals surface area contributed by atoms with Crippen molar-refractivity contribution in [3.63, 3.8) is 0 Å². The third kappa shape index (κ3) is 3.82. The molecule has 0 saturated carbocycles. The van der Waals surface area contributed by atoms with Gasteiger partial charge >= 0.3 is 6.61 Å². The fourth-order valence-electron chi connectivity index (χ4n) is 2.17. The number of halogens is 6. The Bertz CT molecular complexity index is 1140. The highest BCUT2D eigenvalue weighted by Gasteiger charge is 2.24. The first-order valence-corrected chi connectivity index (χ1v) is 9.54. The highest BCUT2D eigenvalue weighted by atomic mass is 79.9. The van der Waals surface area contributed by atoms with Gasteiger partial charge in [-0.2, -0.15) is 13.9 Å². The van der Waals surface area contributed by atoms with E-state index in [1.165, 1.54) is 0 Å². The molecule has 3 rings (SSSR count). The zero-order valence-electron chi connectivity index (χ0n) is 12.8. The maximum absolute atomic E-state index is 13.9. The van der Waals surface area contributed by atoms with Gasteiger partial charge in [-0.15, -0.1) is 0 Å². The molecule has 0 amide bonds. The second-order valence-electron chi connectivity index (χ2n) is 5.02. The molecule has 0 aliphatic rings. The molecule has 0 fully saturated rings. The maximum Gasteiger partial charge on any atom is 0.387 e. The standard InChI is InChI=1S/C14H7BrClF4N3O3S/c15-6-3-8(18)9(4-7(6)17)22-27(24,25)12-5-21-23-10(12)1-2-11(13(23)16)26-14(19)20/h1-5,14,22H. The molecule has 2 aromatic heterocycles. The Balaban J connectivity index is 2.04. The van der Waals surface area contributed by atoms with Crippen molar-refractivity contribution in [2.24, 2.45) is 0 Å². The van der Waals surface area contributed by atoms with Crippen molar-refractivity contribution in [1.29, 1.82) is 0 Å². The van der Waals surface area contributed by atoms with E-state index < -0.39 is 49.8 Å². The summed E-state index contributed by atoms with van der Waals surface area (Å²) >= 11 is 8.66. The first-order valence-electron chi connectivity index (χ1n) is 6.88. The molecule has 3 aromatic rings. The van der Waals surface area contributed by atoms with Crippen LogP contribution >= 0.6 is 27.5 Å². The van der Waals surface area contributed by atoms with Gasteiger partial charge < -0.3 is 4.74 Å². The van der Waals surface area contributed by atoms with E-state index in [4.69, 9.17) is 11.6 Å². The van der Waals surface area contributed by atoms with Crippen molar-refractivity contribution < 1.29 is 30.7 Å². The van der Waals surface area contributed by atoms with Gasteiger partial charge in [-0.3, -0.25) is 4.72 Å². The average molecular weight is 489 g/mol. The van der Waals surface area contributed by atoms with Gasteiger partial charge in [0.15, 0.2) is 10.9 Å². The van der Waals surface area contributed by atoms with Crippen LogP contribution in [-0.4, -0.2) is 24.6 Å². The van der Waals surface area contributed by atoms with Crippen LogP contribution in [0.25, 0.3) is 5.52 Å². The number of hydrogen-bond donors (Lipinski definition) is 1. The van der Waals surface area contributed by atoms with Gasteiger partial charge in [0.1, 0.15) is 16.5 Å². The zero-order chi connectivity index (χ0) is 19.9. The second-order valence-corrected chi connectivity index (χ2v) is 7.89. The molecule has 0 saturated heterocycles. The van der Waals surface area contributed by atoms with Crippen LogP contribution in [0.5, 0.6) is 5.75 Å². The van der Waals surface area contributed by atoms with Gasteiger partial charge in [-0.25, -0.2) is 21.7 Å². The number of rotatable bonds is 5. The van der Waals surface area contributed by atoms with Crippen molar-refractivity contribution in [3.05, 3.63) is 51.7 Å². The van der Waals surface area contributed by atoms with E-state index in [1.54, 1.807) is 0 Å². The molecule has 2 heterocycles. The fourth-order valence-corrected chi connectivity index (χ4v) is 3.90. The van der Waals surface area contributed by atoms with E-state index in [0.717, 1.165) is 28.9 Å². The summed E-state index contributed by atoms with van der Waals surface area (Å²) in [4.78, 5) is -0.435. The minimum absolute atomic E-state index is 0.0906. The molecule has 0 bridgehead atoms. The summed E-state index contributed by atoms with van der Waals surface area (Å²) in [5.41, 5.74) is -0.717. The molecule has 0 aliphatic carbocycles. The molecule has 0 atom stereocenters. The molecule has 6 nitrogen and oxygen atoms in total. The number of nitrogens with one attached hydrogen (secondary N) is 1. The van der Waals surface area contributed by atoms with Crippen LogP contribution in [0.15, 0.2) is 39.8 Å². The summed E-state index contributed by atoms with van der Waals surface area (Å²) in [6, 6.07) is 3.58. The van der Waals surface area contributed by atoms with Crippen molar-refractivity contribution >= 4 is 48.8 Å². The molecule has 0 spiro atoms. The lowest BCUT2D eigenvalue weighted by Gasteiger charge is -2.10. The van der Waals surface area contributed by atoms with Gasteiger partial charge in [0.05, 0.1) is 21.9 Å². The van der Waals surface area contributed by atoms with E-state index in [9.17, 15) is 26.0 Å². The van der Waals surface area contributed by atoms with Gasteiger partial charge in [-0.1, -0.05) is 11.6 Å². The molecule has 0 radical (unpaired) electrons. The Kier molecular flexibility index (Phi) is 5.23. The number of pyridine rings is 1. The second kappa shape index (κ2) is 7.17. The number of fused-ring (bicyclic) bond motifs is 1. The number of nitrogens with zero attached hydrogens (tertiary/aromatic N) is 2. The Hall–Kier alpha value is -2.05. The van der Waals surface area contributed by atoms with Crippen LogP contribution in [0, 0.1) is 11.6 Å². The molecular formula is C14H7BrClF4N3O3S. The van der Waals surface area contributed by atoms with Crippen molar-refractivity contribution in [2.75, 3.05) is 4.72 Å². The van der Waals surface area contributed by atoms with E-state index in [-0.39, 0.29) is 9.99 Å². The Morgan fingerprint density at radius 3 is 2.59 bits per heavy atom. The predicted octanol–water partition coefficient (Wildman–Crippen LogP) is 4.43. The smallest absolute Gasteiger partial charge is 0.387 e. The third-order valence-corrected chi connectivity index (χ3v) is 5.65. The minimum atomic E-state index is -4.40. The zero-order valence-corrected chi connectivity index (χ0v) is 15.9. The summed E-state index contributed by atoms with van der Waals surface area (Å²) in [6.07, 6.45) is 0.878. The van der Waals surface area contributed by atoms with E-state index >= 15 is 0 Å². The molecule has 144 valence electrons. The van der Waals surface area contributed by atoms with E-state index in [1.807, 2.05) is 4.72 Å². The number of hydrogen-bond acceptors (Lipinski definition) is 4. The highest BCUT2D eigenvalue weighted by Crippen LogP contribution is 2.31. The Morgan fingerprint density at radius 2 is 1.93 bits per heavy atom. The van der Waals surface area contributed by atoms with Crippen LogP contribution < -0.4 is 9.46 Å². The van der Waals surface area contributed by atoms with Gasteiger partial charge in [0, 0.05) is 6.07 Å². The van der Waals surface area contributed by atoms with Gasteiger partial charge in [0.2, 0.25) is 0 Å². The molecule has 1 N–H and O–H groups in total. The summed E-state index contributed by atoms with van der Waals surface area (Å²) < 4.78 is 84.0. The number of sulfonamides is 1. The number of ether oxygens (including phenoxy) is 1. The summed E-state index contributed by atoms with van der Waals surface area (Å²) in [5.74, 6) is -2.32. The normalized spacial score (nSPS) is 12.0. The number of alkyl halides is 2. The van der Waals surface area contributed by atoms with E-state index in [2.05, 4.69) is 25.8 Å². The van der Waals surface area contributed by atoms with Crippen molar-refractivity contribution in [3.8, 4) is 5.75 Å². The van der Waals surface area contributed by atoms with Crippen LogP contribution in [0.2, 0.25) is 5.15 Å². The molecule has 0 aliphatic heterocycles. The van der Waals surface area contributed by atoms with Crippen LogP contribution in [0.3, 0.4) is 0 Å². The number of aromatic nitrogens is 2. The average Bonchev–Trinajstić information content (AvgIpc) is 3.00. The van der Waals surface area contributed by atoms with Crippen molar-refractivity contribution in [2.45, 2.75) is 11.5 Å².